The van der Waals surface area contributed by atoms with Crippen molar-refractivity contribution in [2.75, 3.05) is 43.3 Å². The summed E-state index contributed by atoms with van der Waals surface area (Å²) in [5.74, 6) is -0.544. The number of carbonyl (C=O) groups is 2. The maximum Gasteiger partial charge on any atom is 0.255 e. The van der Waals surface area contributed by atoms with Crippen molar-refractivity contribution in [1.82, 2.24) is 0 Å². The molecule has 0 fully saturated rings. The first-order valence-corrected chi connectivity index (χ1v) is 7.95. The van der Waals surface area contributed by atoms with E-state index >= 15 is 0 Å². The lowest BCUT2D eigenvalue weighted by atomic mass is 10.1. The highest BCUT2D eigenvalue weighted by Gasteiger charge is 2.10. The van der Waals surface area contributed by atoms with Crippen LogP contribution in [0.3, 0.4) is 0 Å². The minimum absolute atomic E-state index is 0.0585. The average molecular weight is 362 g/mol. The number of ether oxygens (including phenoxy) is 1. The molecular formula is C18H20ClN3O3. The molecule has 0 heterocycles. The largest absolute Gasteiger partial charge is 0.378 e. The Balaban J connectivity index is 2.10. The van der Waals surface area contributed by atoms with E-state index in [1.807, 2.05) is 31.1 Å². The number of nitrogens with one attached hydrogen (secondary N) is 2. The molecule has 0 aliphatic rings. The zero-order valence-corrected chi connectivity index (χ0v) is 15.1. The summed E-state index contributed by atoms with van der Waals surface area (Å²) < 4.78 is 4.75. The number of hydrogen-bond acceptors (Lipinski definition) is 4. The molecule has 132 valence electrons. The van der Waals surface area contributed by atoms with E-state index in [0.717, 1.165) is 5.69 Å². The Hall–Kier alpha value is -2.57. The van der Waals surface area contributed by atoms with Gasteiger partial charge in [0.2, 0.25) is 5.91 Å². The summed E-state index contributed by atoms with van der Waals surface area (Å²) in [6.45, 7) is -0.0585. The van der Waals surface area contributed by atoms with E-state index in [1.165, 1.54) is 7.11 Å². The molecule has 2 N–H and O–H groups in total. The van der Waals surface area contributed by atoms with Crippen molar-refractivity contribution in [1.29, 1.82) is 0 Å². The topological polar surface area (TPSA) is 70.7 Å². The number of benzene rings is 2. The highest BCUT2D eigenvalue weighted by atomic mass is 35.5. The SMILES string of the molecule is COCC(=O)Nc1ccc(NC(=O)c2cccc(N(C)C)c2)cc1Cl. The summed E-state index contributed by atoms with van der Waals surface area (Å²) in [4.78, 5) is 25.8. The molecule has 0 aromatic heterocycles. The van der Waals surface area contributed by atoms with Crippen LogP contribution >= 0.6 is 11.6 Å². The van der Waals surface area contributed by atoms with E-state index in [-0.39, 0.29) is 18.4 Å². The van der Waals surface area contributed by atoms with Gasteiger partial charge >= 0.3 is 0 Å². The van der Waals surface area contributed by atoms with E-state index in [2.05, 4.69) is 10.6 Å². The number of amides is 2. The van der Waals surface area contributed by atoms with E-state index in [1.54, 1.807) is 30.3 Å². The van der Waals surface area contributed by atoms with Crippen LogP contribution in [0.4, 0.5) is 17.1 Å². The summed E-state index contributed by atoms with van der Waals surface area (Å²) in [5, 5.41) is 5.74. The monoisotopic (exact) mass is 361 g/mol. The van der Waals surface area contributed by atoms with E-state index in [9.17, 15) is 9.59 Å². The van der Waals surface area contributed by atoms with Crippen LogP contribution < -0.4 is 15.5 Å². The Morgan fingerprint density at radius 3 is 2.52 bits per heavy atom. The second-order valence-corrected chi connectivity index (χ2v) is 5.98. The van der Waals surface area contributed by atoms with Gasteiger partial charge in [0.05, 0.1) is 10.7 Å². The van der Waals surface area contributed by atoms with Gasteiger partial charge in [0.15, 0.2) is 0 Å². The molecule has 0 radical (unpaired) electrons. The van der Waals surface area contributed by atoms with E-state index in [0.29, 0.717) is 22.0 Å². The van der Waals surface area contributed by atoms with E-state index < -0.39 is 0 Å². The Morgan fingerprint density at radius 2 is 1.88 bits per heavy atom. The third-order valence-corrected chi connectivity index (χ3v) is 3.71. The van der Waals surface area contributed by atoms with Gasteiger partial charge in [-0.2, -0.15) is 0 Å². The van der Waals surface area contributed by atoms with Crippen LogP contribution in [0.2, 0.25) is 5.02 Å². The van der Waals surface area contributed by atoms with Crippen molar-refractivity contribution < 1.29 is 14.3 Å². The minimum Gasteiger partial charge on any atom is -0.378 e. The molecular weight excluding hydrogens is 342 g/mol. The highest BCUT2D eigenvalue weighted by Crippen LogP contribution is 2.26. The summed E-state index contributed by atoms with van der Waals surface area (Å²) >= 11 is 6.16. The fraction of sp³-hybridized carbons (Fsp3) is 0.222. The molecule has 25 heavy (non-hydrogen) atoms. The number of carbonyl (C=O) groups excluding carboxylic acids is 2. The Morgan fingerprint density at radius 1 is 1.12 bits per heavy atom. The van der Waals surface area contributed by atoms with Gasteiger partial charge in [-0.05, 0) is 36.4 Å². The molecule has 7 heteroatoms. The summed E-state index contributed by atoms with van der Waals surface area (Å²) in [6.07, 6.45) is 0. The number of methoxy groups -OCH3 is 1. The van der Waals surface area contributed by atoms with Crippen LogP contribution in [-0.4, -0.2) is 39.6 Å². The number of halogens is 1. The fourth-order valence-electron chi connectivity index (χ4n) is 2.14. The molecule has 0 aliphatic carbocycles. The van der Waals surface area contributed by atoms with Gasteiger partial charge < -0.3 is 20.3 Å². The molecule has 2 aromatic carbocycles. The Kier molecular flexibility index (Phi) is 6.38. The number of nitrogens with zero attached hydrogens (tertiary/aromatic N) is 1. The number of rotatable bonds is 6. The molecule has 0 aliphatic heterocycles. The molecule has 0 bridgehead atoms. The fourth-order valence-corrected chi connectivity index (χ4v) is 2.37. The summed E-state index contributed by atoms with van der Waals surface area (Å²) in [7, 11) is 5.26. The molecule has 2 aromatic rings. The quantitative estimate of drug-likeness (QED) is 0.828. The highest BCUT2D eigenvalue weighted by molar-refractivity contribution is 6.34. The van der Waals surface area contributed by atoms with Gasteiger partial charge in [-0.1, -0.05) is 17.7 Å². The molecule has 0 atom stereocenters. The predicted molar refractivity (Wildman–Crippen MR) is 101 cm³/mol. The third-order valence-electron chi connectivity index (χ3n) is 3.40. The zero-order chi connectivity index (χ0) is 18.4. The van der Waals surface area contributed by atoms with Crippen molar-refractivity contribution >= 4 is 40.5 Å². The van der Waals surface area contributed by atoms with Crippen LogP contribution in [0, 0.1) is 0 Å². The molecule has 0 unspecified atom stereocenters. The lowest BCUT2D eigenvalue weighted by molar-refractivity contribution is -0.119. The first-order chi connectivity index (χ1) is 11.9. The second-order valence-electron chi connectivity index (χ2n) is 5.57. The number of hydrogen-bond donors (Lipinski definition) is 2. The predicted octanol–water partition coefficient (Wildman–Crippen LogP) is 3.24. The summed E-state index contributed by atoms with van der Waals surface area (Å²) in [5.41, 5.74) is 2.47. The molecule has 0 saturated heterocycles. The molecule has 6 nitrogen and oxygen atoms in total. The van der Waals surface area contributed by atoms with Gasteiger partial charge in [0, 0.05) is 38.1 Å². The Labute approximate surface area is 151 Å². The molecule has 2 amide bonds. The van der Waals surface area contributed by atoms with Crippen molar-refractivity contribution in [3.05, 3.63) is 53.1 Å². The minimum atomic E-state index is -0.304. The van der Waals surface area contributed by atoms with Gasteiger partial charge in [-0.15, -0.1) is 0 Å². The normalized spacial score (nSPS) is 10.2. The van der Waals surface area contributed by atoms with Crippen molar-refractivity contribution in [3.63, 3.8) is 0 Å². The zero-order valence-electron chi connectivity index (χ0n) is 14.3. The van der Waals surface area contributed by atoms with E-state index in [4.69, 9.17) is 16.3 Å². The van der Waals surface area contributed by atoms with Gasteiger partial charge in [-0.25, -0.2) is 0 Å². The van der Waals surface area contributed by atoms with Crippen molar-refractivity contribution in [3.8, 4) is 0 Å². The first kappa shape index (κ1) is 18.8. The van der Waals surface area contributed by atoms with Crippen LogP contribution in [-0.2, 0) is 9.53 Å². The van der Waals surface area contributed by atoms with Crippen LogP contribution in [0.15, 0.2) is 42.5 Å². The van der Waals surface area contributed by atoms with Crippen LogP contribution in [0.5, 0.6) is 0 Å². The molecule has 2 rings (SSSR count). The smallest absolute Gasteiger partial charge is 0.255 e. The summed E-state index contributed by atoms with van der Waals surface area (Å²) in [6, 6.07) is 12.2. The lowest BCUT2D eigenvalue weighted by Crippen LogP contribution is -2.17. The van der Waals surface area contributed by atoms with Crippen molar-refractivity contribution in [2.24, 2.45) is 0 Å². The van der Waals surface area contributed by atoms with Crippen LogP contribution in [0.1, 0.15) is 10.4 Å². The maximum absolute atomic E-state index is 12.4. The van der Waals surface area contributed by atoms with Crippen LogP contribution in [0.25, 0.3) is 0 Å². The average Bonchev–Trinajstić information content (AvgIpc) is 2.57. The first-order valence-electron chi connectivity index (χ1n) is 7.58. The number of anilines is 3. The lowest BCUT2D eigenvalue weighted by Gasteiger charge is -2.14. The van der Waals surface area contributed by atoms with Gasteiger partial charge in [0.1, 0.15) is 6.61 Å². The second kappa shape index (κ2) is 8.50. The maximum atomic E-state index is 12.4. The molecule has 0 saturated carbocycles. The van der Waals surface area contributed by atoms with Crippen molar-refractivity contribution in [2.45, 2.75) is 0 Å². The third kappa shape index (κ3) is 5.20. The van der Waals surface area contributed by atoms with Gasteiger partial charge in [-0.3, -0.25) is 9.59 Å². The standard InChI is InChI=1S/C18H20ClN3O3/c1-22(2)14-6-4-5-12(9-14)18(24)20-13-7-8-16(15(19)10-13)21-17(23)11-25-3/h4-10H,11H2,1-3H3,(H,20,24)(H,21,23). The molecule has 0 spiro atoms. The Bertz CT molecular complexity index is 778. The van der Waals surface area contributed by atoms with Gasteiger partial charge in [0.25, 0.3) is 5.91 Å².